The van der Waals surface area contributed by atoms with E-state index in [0.29, 0.717) is 22.6 Å². The van der Waals surface area contributed by atoms with Gasteiger partial charge in [-0.3, -0.25) is 4.79 Å². The molecule has 0 saturated carbocycles. The maximum Gasteiger partial charge on any atom is 0.433 e. The van der Waals surface area contributed by atoms with Gasteiger partial charge in [0.2, 0.25) is 5.88 Å². The maximum atomic E-state index is 12.8. The van der Waals surface area contributed by atoms with Crippen molar-refractivity contribution in [3.63, 3.8) is 0 Å². The van der Waals surface area contributed by atoms with Crippen molar-refractivity contribution in [1.82, 2.24) is 4.98 Å². The van der Waals surface area contributed by atoms with Crippen LogP contribution in [-0.4, -0.2) is 23.6 Å². The van der Waals surface area contributed by atoms with Crippen molar-refractivity contribution in [2.24, 2.45) is 0 Å². The highest BCUT2D eigenvalue weighted by molar-refractivity contribution is 6.00. The first-order chi connectivity index (χ1) is 11.6. The van der Waals surface area contributed by atoms with Crippen LogP contribution in [0.3, 0.4) is 0 Å². The lowest BCUT2D eigenvalue weighted by molar-refractivity contribution is -0.141. The second-order valence-electron chi connectivity index (χ2n) is 6.03. The van der Waals surface area contributed by atoms with Crippen molar-refractivity contribution >= 4 is 11.6 Å². The lowest BCUT2D eigenvalue weighted by Gasteiger charge is -2.31. The first kappa shape index (κ1) is 17.1. The highest BCUT2D eigenvalue weighted by Gasteiger charge is 2.36. The number of halogens is 3. The van der Waals surface area contributed by atoms with E-state index in [1.807, 2.05) is 0 Å². The molecule has 2 heterocycles. The van der Waals surface area contributed by atoms with Crippen molar-refractivity contribution in [1.29, 1.82) is 0 Å². The van der Waals surface area contributed by atoms with Gasteiger partial charge in [-0.15, -0.1) is 0 Å². The van der Waals surface area contributed by atoms with Crippen LogP contribution in [0, 0.1) is 0 Å². The van der Waals surface area contributed by atoms with Crippen molar-refractivity contribution in [2.75, 3.05) is 12.4 Å². The van der Waals surface area contributed by atoms with Crippen LogP contribution in [0.2, 0.25) is 0 Å². The van der Waals surface area contributed by atoms with E-state index in [-0.39, 0.29) is 11.8 Å². The lowest BCUT2D eigenvalue weighted by Crippen LogP contribution is -2.45. The molecule has 0 aliphatic carbocycles. The van der Waals surface area contributed by atoms with E-state index in [1.165, 1.54) is 13.2 Å². The van der Waals surface area contributed by atoms with Gasteiger partial charge < -0.3 is 14.8 Å². The maximum absolute atomic E-state index is 12.8. The van der Waals surface area contributed by atoms with Gasteiger partial charge in [-0.1, -0.05) is 6.07 Å². The Morgan fingerprint density at radius 1 is 1.20 bits per heavy atom. The average molecular weight is 352 g/mol. The number of hydrogen-bond donors (Lipinski definition) is 1. The quantitative estimate of drug-likeness (QED) is 0.891. The third-order valence-corrected chi connectivity index (χ3v) is 3.80. The molecule has 0 radical (unpaired) electrons. The van der Waals surface area contributed by atoms with E-state index >= 15 is 0 Å². The van der Waals surface area contributed by atoms with Gasteiger partial charge in [-0.05, 0) is 43.7 Å². The largest absolute Gasteiger partial charge is 0.481 e. The molecule has 0 bridgehead atoms. The van der Waals surface area contributed by atoms with Crippen LogP contribution in [0.15, 0.2) is 30.3 Å². The summed E-state index contributed by atoms with van der Waals surface area (Å²) in [4.78, 5) is 15.4. The van der Waals surface area contributed by atoms with E-state index < -0.39 is 17.5 Å². The molecule has 1 aromatic heterocycles. The van der Waals surface area contributed by atoms with Crippen LogP contribution in [-0.2, 0) is 11.0 Å². The van der Waals surface area contributed by atoms with Gasteiger partial charge in [0, 0.05) is 5.56 Å². The Labute approximate surface area is 141 Å². The number of nitrogens with zero attached hydrogens (tertiary/aromatic N) is 1. The Morgan fingerprint density at radius 3 is 2.56 bits per heavy atom. The summed E-state index contributed by atoms with van der Waals surface area (Å²) in [7, 11) is 1.25. The predicted octanol–water partition coefficient (Wildman–Crippen LogP) is 3.89. The molecule has 1 N–H and O–H groups in total. The van der Waals surface area contributed by atoms with E-state index in [2.05, 4.69) is 10.3 Å². The van der Waals surface area contributed by atoms with Crippen LogP contribution in [0.4, 0.5) is 18.9 Å². The zero-order valence-corrected chi connectivity index (χ0v) is 13.7. The molecule has 0 atom stereocenters. The molecule has 1 aromatic carbocycles. The number of anilines is 1. The van der Waals surface area contributed by atoms with Gasteiger partial charge in [0.05, 0.1) is 12.8 Å². The smallest absolute Gasteiger partial charge is 0.433 e. The zero-order valence-electron chi connectivity index (χ0n) is 13.7. The molecule has 2 aromatic rings. The number of carbonyl (C=O) groups excluding carboxylic acids is 1. The van der Waals surface area contributed by atoms with Gasteiger partial charge in [-0.25, -0.2) is 4.98 Å². The third kappa shape index (κ3) is 3.11. The van der Waals surface area contributed by atoms with E-state index in [9.17, 15) is 18.0 Å². The predicted molar refractivity (Wildman–Crippen MR) is 84.6 cm³/mol. The molecule has 0 spiro atoms. The summed E-state index contributed by atoms with van der Waals surface area (Å²) in [6, 6.07) is 7.08. The Kier molecular flexibility index (Phi) is 3.85. The van der Waals surface area contributed by atoms with Crippen LogP contribution >= 0.6 is 0 Å². The molecule has 0 unspecified atom stereocenters. The number of amides is 1. The summed E-state index contributed by atoms with van der Waals surface area (Å²) < 4.78 is 49.1. The highest BCUT2D eigenvalue weighted by atomic mass is 19.4. The Morgan fingerprint density at radius 2 is 1.92 bits per heavy atom. The SMILES string of the molecule is COc1nc(C(F)(F)F)ccc1-c1ccc2c(c1)OC(C)(C)C(=O)N2. The number of aromatic nitrogens is 1. The summed E-state index contributed by atoms with van der Waals surface area (Å²) in [5.41, 5.74) is -0.642. The number of benzene rings is 1. The molecule has 1 amide bonds. The minimum absolute atomic E-state index is 0.145. The third-order valence-electron chi connectivity index (χ3n) is 3.80. The number of pyridine rings is 1. The Hall–Kier alpha value is -2.77. The molecular weight excluding hydrogens is 337 g/mol. The van der Waals surface area contributed by atoms with Crippen molar-refractivity contribution in [3.8, 4) is 22.8 Å². The minimum Gasteiger partial charge on any atom is -0.481 e. The van der Waals surface area contributed by atoms with Crippen LogP contribution < -0.4 is 14.8 Å². The summed E-state index contributed by atoms with van der Waals surface area (Å²) in [6.45, 7) is 3.25. The Bertz CT molecular complexity index is 848. The number of ether oxygens (including phenoxy) is 2. The summed E-state index contributed by atoms with van der Waals surface area (Å²) in [5, 5.41) is 2.73. The number of rotatable bonds is 2. The van der Waals surface area contributed by atoms with Crippen LogP contribution in [0.5, 0.6) is 11.6 Å². The number of nitrogens with one attached hydrogen (secondary N) is 1. The molecule has 0 fully saturated rings. The van der Waals surface area contributed by atoms with E-state index in [4.69, 9.17) is 9.47 Å². The van der Waals surface area contributed by atoms with Crippen molar-refractivity contribution < 1.29 is 27.4 Å². The van der Waals surface area contributed by atoms with Gasteiger partial charge in [0.25, 0.3) is 5.91 Å². The van der Waals surface area contributed by atoms with Gasteiger partial charge in [0.1, 0.15) is 11.4 Å². The normalized spacial score (nSPS) is 15.8. The topological polar surface area (TPSA) is 60.5 Å². The van der Waals surface area contributed by atoms with Gasteiger partial charge in [0.15, 0.2) is 5.60 Å². The van der Waals surface area contributed by atoms with Crippen LogP contribution in [0.25, 0.3) is 11.1 Å². The van der Waals surface area contributed by atoms with Gasteiger partial charge in [-0.2, -0.15) is 13.2 Å². The first-order valence-electron chi connectivity index (χ1n) is 7.39. The summed E-state index contributed by atoms with van der Waals surface area (Å²) in [6.07, 6.45) is -4.56. The zero-order chi connectivity index (χ0) is 18.4. The second-order valence-corrected chi connectivity index (χ2v) is 6.03. The summed E-state index contributed by atoms with van der Waals surface area (Å²) >= 11 is 0. The van der Waals surface area contributed by atoms with Crippen molar-refractivity contribution in [3.05, 3.63) is 36.0 Å². The van der Waals surface area contributed by atoms with E-state index in [1.54, 1.807) is 32.0 Å². The second kappa shape index (κ2) is 5.65. The van der Waals surface area contributed by atoms with Gasteiger partial charge >= 0.3 is 6.18 Å². The molecule has 132 valence electrons. The molecule has 1 aliphatic rings. The molecule has 25 heavy (non-hydrogen) atoms. The molecule has 0 saturated heterocycles. The average Bonchev–Trinajstić information content (AvgIpc) is 2.53. The first-order valence-corrected chi connectivity index (χ1v) is 7.39. The molecule has 1 aliphatic heterocycles. The fourth-order valence-corrected chi connectivity index (χ4v) is 2.45. The molecule has 5 nitrogen and oxygen atoms in total. The Balaban J connectivity index is 2.05. The fraction of sp³-hybridized carbons (Fsp3) is 0.294. The van der Waals surface area contributed by atoms with Crippen LogP contribution in [0.1, 0.15) is 19.5 Å². The van der Waals surface area contributed by atoms with E-state index in [0.717, 1.165) is 6.07 Å². The number of carbonyl (C=O) groups is 1. The number of alkyl halides is 3. The standard InChI is InChI=1S/C17H15F3N2O3/c1-16(2)15(23)21-11-6-4-9(8-12(11)25-16)10-5-7-13(17(18,19)20)22-14(10)24-3/h4-8H,1-3H3,(H,21,23). The highest BCUT2D eigenvalue weighted by Crippen LogP contribution is 2.40. The minimum atomic E-state index is -4.56. The number of hydrogen-bond acceptors (Lipinski definition) is 4. The lowest BCUT2D eigenvalue weighted by atomic mass is 10.0. The summed E-state index contributed by atoms with van der Waals surface area (Å²) in [5.74, 6) is -0.000501. The monoisotopic (exact) mass is 352 g/mol. The van der Waals surface area contributed by atoms with Crippen molar-refractivity contribution in [2.45, 2.75) is 25.6 Å². The molecule has 8 heteroatoms. The fourth-order valence-electron chi connectivity index (χ4n) is 2.45. The molecule has 3 rings (SSSR count). The molecular formula is C17H15F3N2O3. The number of methoxy groups -OCH3 is 1. The number of fused-ring (bicyclic) bond motifs is 1.